The zero-order valence-electron chi connectivity index (χ0n) is 10.5. The lowest BCUT2D eigenvalue weighted by molar-refractivity contribution is 0.414. The molecule has 1 atom stereocenters. The molecule has 0 aromatic heterocycles. The minimum absolute atomic E-state index is 0.134. The van der Waals surface area contributed by atoms with Crippen LogP contribution in [0.25, 0.3) is 0 Å². The van der Waals surface area contributed by atoms with Crippen LogP contribution in [0.3, 0.4) is 0 Å². The van der Waals surface area contributed by atoms with Gasteiger partial charge in [-0.1, -0.05) is 48.0 Å². The first-order valence-electron chi connectivity index (χ1n) is 5.82. The Morgan fingerprint density at radius 1 is 1.06 bits per heavy atom. The van der Waals surface area contributed by atoms with Gasteiger partial charge >= 0.3 is 0 Å². The summed E-state index contributed by atoms with van der Waals surface area (Å²) in [5.74, 6) is 0.698. The average molecular weight is 262 g/mol. The number of nitrogens with one attached hydrogen (secondary N) is 1. The molecule has 2 aromatic carbocycles. The maximum absolute atomic E-state index is 6.17. The minimum Gasteiger partial charge on any atom is -0.495 e. The number of benzene rings is 2. The summed E-state index contributed by atoms with van der Waals surface area (Å²) in [6, 6.07) is 16.3. The molecule has 2 nitrogen and oxygen atoms in total. The van der Waals surface area contributed by atoms with E-state index in [1.165, 1.54) is 5.56 Å². The van der Waals surface area contributed by atoms with Crippen molar-refractivity contribution in [2.45, 2.75) is 6.04 Å². The molecule has 0 aliphatic heterocycles. The van der Waals surface area contributed by atoms with Crippen molar-refractivity contribution in [3.05, 3.63) is 64.7 Å². The van der Waals surface area contributed by atoms with Crippen LogP contribution >= 0.6 is 11.6 Å². The highest BCUT2D eigenvalue weighted by Crippen LogP contribution is 2.30. The smallest absolute Gasteiger partial charge is 0.137 e. The van der Waals surface area contributed by atoms with Crippen molar-refractivity contribution < 1.29 is 4.74 Å². The second-order valence-corrected chi connectivity index (χ2v) is 4.43. The van der Waals surface area contributed by atoms with E-state index in [0.717, 1.165) is 5.56 Å². The summed E-state index contributed by atoms with van der Waals surface area (Å²) >= 11 is 6.17. The Morgan fingerprint density at radius 2 is 1.78 bits per heavy atom. The van der Waals surface area contributed by atoms with Crippen molar-refractivity contribution in [3.8, 4) is 5.75 Å². The molecule has 0 aliphatic carbocycles. The van der Waals surface area contributed by atoms with Gasteiger partial charge in [0.1, 0.15) is 5.75 Å². The molecule has 0 radical (unpaired) electrons. The Kier molecular flexibility index (Phi) is 4.24. The van der Waals surface area contributed by atoms with Crippen LogP contribution in [0.4, 0.5) is 0 Å². The van der Waals surface area contributed by atoms with Crippen molar-refractivity contribution in [1.82, 2.24) is 5.32 Å². The molecule has 2 rings (SSSR count). The van der Waals surface area contributed by atoms with Gasteiger partial charge < -0.3 is 10.1 Å². The molecular weight excluding hydrogens is 246 g/mol. The zero-order chi connectivity index (χ0) is 13.0. The first-order valence-corrected chi connectivity index (χ1v) is 6.19. The third-order valence-electron chi connectivity index (χ3n) is 2.93. The SMILES string of the molecule is CNC(c1ccccc1)c1ccc(OC)c(Cl)c1. The van der Waals surface area contributed by atoms with E-state index in [1.54, 1.807) is 7.11 Å². The molecule has 18 heavy (non-hydrogen) atoms. The second kappa shape index (κ2) is 5.89. The molecule has 0 amide bonds. The number of ether oxygens (including phenoxy) is 1. The standard InChI is InChI=1S/C15H16ClNO/c1-17-15(11-6-4-3-5-7-11)12-8-9-14(18-2)13(16)10-12/h3-10,15,17H,1-2H3. The molecule has 3 heteroatoms. The lowest BCUT2D eigenvalue weighted by Crippen LogP contribution is -2.17. The highest BCUT2D eigenvalue weighted by molar-refractivity contribution is 6.32. The third-order valence-corrected chi connectivity index (χ3v) is 3.23. The van der Waals surface area contributed by atoms with E-state index < -0.39 is 0 Å². The molecule has 1 unspecified atom stereocenters. The van der Waals surface area contributed by atoms with Gasteiger partial charge in [-0.2, -0.15) is 0 Å². The molecule has 0 spiro atoms. The maximum atomic E-state index is 6.17. The maximum Gasteiger partial charge on any atom is 0.137 e. The molecule has 2 aromatic rings. The summed E-state index contributed by atoms with van der Waals surface area (Å²) in [7, 11) is 3.56. The Balaban J connectivity index is 2.37. The van der Waals surface area contributed by atoms with Gasteiger partial charge in [-0.05, 0) is 30.3 Å². The second-order valence-electron chi connectivity index (χ2n) is 4.03. The van der Waals surface area contributed by atoms with Crippen LogP contribution < -0.4 is 10.1 Å². The Hall–Kier alpha value is -1.51. The van der Waals surface area contributed by atoms with Crippen LogP contribution in [0.1, 0.15) is 17.2 Å². The Labute approximate surface area is 113 Å². The van der Waals surface area contributed by atoms with Crippen LogP contribution in [0, 0.1) is 0 Å². The summed E-state index contributed by atoms with van der Waals surface area (Å²) < 4.78 is 5.17. The highest BCUT2D eigenvalue weighted by atomic mass is 35.5. The number of rotatable bonds is 4. The van der Waals surface area contributed by atoms with Gasteiger partial charge in [0.2, 0.25) is 0 Å². The predicted octanol–water partition coefficient (Wildman–Crippen LogP) is 3.66. The first-order chi connectivity index (χ1) is 8.76. The van der Waals surface area contributed by atoms with Crippen LogP contribution in [-0.4, -0.2) is 14.2 Å². The molecular formula is C15H16ClNO. The van der Waals surface area contributed by atoms with Crippen molar-refractivity contribution >= 4 is 11.6 Å². The lowest BCUT2D eigenvalue weighted by Gasteiger charge is -2.18. The van der Waals surface area contributed by atoms with Gasteiger partial charge in [0.25, 0.3) is 0 Å². The molecule has 0 fully saturated rings. The Bertz CT molecular complexity index is 513. The number of hydrogen-bond acceptors (Lipinski definition) is 2. The first kappa shape index (κ1) is 12.9. The molecule has 1 N–H and O–H groups in total. The van der Waals surface area contributed by atoms with Crippen molar-refractivity contribution in [2.75, 3.05) is 14.2 Å². The van der Waals surface area contributed by atoms with Crippen LogP contribution in [0.2, 0.25) is 5.02 Å². The van der Waals surface area contributed by atoms with E-state index in [4.69, 9.17) is 16.3 Å². The number of hydrogen-bond donors (Lipinski definition) is 1. The summed E-state index contributed by atoms with van der Waals surface area (Å²) in [5, 5.41) is 3.93. The van der Waals surface area contributed by atoms with E-state index in [1.807, 2.05) is 43.4 Å². The molecule has 0 aliphatic rings. The third kappa shape index (κ3) is 2.66. The van der Waals surface area contributed by atoms with Crippen LogP contribution in [-0.2, 0) is 0 Å². The largest absolute Gasteiger partial charge is 0.495 e. The summed E-state index contributed by atoms with van der Waals surface area (Å²) in [6.07, 6.45) is 0. The van der Waals surface area contributed by atoms with Gasteiger partial charge in [0.15, 0.2) is 0 Å². The lowest BCUT2D eigenvalue weighted by atomic mass is 9.99. The fourth-order valence-corrected chi connectivity index (χ4v) is 2.30. The molecule has 0 saturated heterocycles. The average Bonchev–Trinajstić information content (AvgIpc) is 2.41. The van der Waals surface area contributed by atoms with E-state index in [-0.39, 0.29) is 6.04 Å². The van der Waals surface area contributed by atoms with Crippen LogP contribution in [0.5, 0.6) is 5.75 Å². The van der Waals surface area contributed by atoms with E-state index in [0.29, 0.717) is 10.8 Å². The molecule has 94 valence electrons. The molecule has 0 saturated carbocycles. The van der Waals surface area contributed by atoms with E-state index in [9.17, 15) is 0 Å². The fourth-order valence-electron chi connectivity index (χ4n) is 2.03. The summed E-state index contributed by atoms with van der Waals surface area (Å²) in [4.78, 5) is 0. The van der Waals surface area contributed by atoms with Crippen molar-refractivity contribution in [3.63, 3.8) is 0 Å². The number of methoxy groups -OCH3 is 1. The summed E-state index contributed by atoms with van der Waals surface area (Å²) in [6.45, 7) is 0. The Morgan fingerprint density at radius 3 is 2.33 bits per heavy atom. The minimum atomic E-state index is 0.134. The fraction of sp³-hybridized carbons (Fsp3) is 0.200. The van der Waals surface area contributed by atoms with Crippen molar-refractivity contribution in [1.29, 1.82) is 0 Å². The van der Waals surface area contributed by atoms with Gasteiger partial charge in [0.05, 0.1) is 18.2 Å². The topological polar surface area (TPSA) is 21.3 Å². The summed E-state index contributed by atoms with van der Waals surface area (Å²) in [5.41, 5.74) is 2.33. The highest BCUT2D eigenvalue weighted by Gasteiger charge is 2.13. The van der Waals surface area contributed by atoms with E-state index in [2.05, 4.69) is 17.4 Å². The quantitative estimate of drug-likeness (QED) is 0.907. The molecule has 0 bridgehead atoms. The predicted molar refractivity (Wildman–Crippen MR) is 75.3 cm³/mol. The van der Waals surface area contributed by atoms with Gasteiger partial charge in [0, 0.05) is 0 Å². The number of halogens is 1. The zero-order valence-corrected chi connectivity index (χ0v) is 11.2. The van der Waals surface area contributed by atoms with Gasteiger partial charge in [-0.15, -0.1) is 0 Å². The van der Waals surface area contributed by atoms with Gasteiger partial charge in [-0.3, -0.25) is 0 Å². The van der Waals surface area contributed by atoms with Crippen molar-refractivity contribution in [2.24, 2.45) is 0 Å². The monoisotopic (exact) mass is 261 g/mol. The normalized spacial score (nSPS) is 12.2. The molecule has 0 heterocycles. The van der Waals surface area contributed by atoms with Gasteiger partial charge in [-0.25, -0.2) is 0 Å². The van der Waals surface area contributed by atoms with Crippen LogP contribution in [0.15, 0.2) is 48.5 Å². The van der Waals surface area contributed by atoms with E-state index >= 15 is 0 Å².